The lowest BCUT2D eigenvalue weighted by atomic mass is 9.80. The van der Waals surface area contributed by atoms with Crippen LogP contribution in [0.3, 0.4) is 0 Å². The van der Waals surface area contributed by atoms with E-state index >= 15 is 0 Å². The van der Waals surface area contributed by atoms with Crippen molar-refractivity contribution in [3.63, 3.8) is 0 Å². The van der Waals surface area contributed by atoms with Crippen LogP contribution in [0.2, 0.25) is 0 Å². The monoisotopic (exact) mass is 656 g/mol. The van der Waals surface area contributed by atoms with Gasteiger partial charge in [0.05, 0.1) is 0 Å². The molecule has 0 fully saturated rings. The van der Waals surface area contributed by atoms with Crippen LogP contribution < -0.4 is 0 Å². The van der Waals surface area contributed by atoms with Gasteiger partial charge >= 0.3 is 0 Å². The Bertz CT molecular complexity index is 3010. The highest BCUT2D eigenvalue weighted by Crippen LogP contribution is 2.59. The first kappa shape index (κ1) is 29.0. The second-order valence-electron chi connectivity index (χ2n) is 13.9. The Labute approximate surface area is 302 Å². The lowest BCUT2D eigenvalue weighted by Gasteiger charge is -2.22. The van der Waals surface area contributed by atoms with Gasteiger partial charge in [-0.15, -0.1) is 0 Å². The maximum absolute atomic E-state index is 2.51. The Balaban J connectivity index is 1.40. The summed E-state index contributed by atoms with van der Waals surface area (Å²) in [6.45, 7) is 0. The van der Waals surface area contributed by atoms with E-state index in [1.807, 2.05) is 0 Å². The van der Waals surface area contributed by atoms with Gasteiger partial charge in [-0.1, -0.05) is 176 Å². The van der Waals surface area contributed by atoms with Gasteiger partial charge in [-0.25, -0.2) is 0 Å². The summed E-state index contributed by atoms with van der Waals surface area (Å²) in [5, 5.41) is 10.3. The van der Waals surface area contributed by atoms with Gasteiger partial charge in [-0.2, -0.15) is 0 Å². The predicted octanol–water partition coefficient (Wildman–Crippen LogP) is 14.6. The normalized spacial score (nSPS) is 11.8. The Morgan fingerprint density at radius 3 is 1.19 bits per heavy atom. The minimum absolute atomic E-state index is 1.22. The van der Waals surface area contributed by atoms with E-state index < -0.39 is 0 Å². The van der Waals surface area contributed by atoms with E-state index in [0.717, 1.165) is 0 Å². The van der Waals surface area contributed by atoms with Gasteiger partial charge in [0.25, 0.3) is 0 Å². The molecule has 1 aliphatic rings. The summed E-state index contributed by atoms with van der Waals surface area (Å²) in [5.41, 5.74) is 15.3. The third kappa shape index (κ3) is 4.22. The highest BCUT2D eigenvalue weighted by Gasteiger charge is 2.31. The van der Waals surface area contributed by atoms with E-state index in [2.05, 4.69) is 194 Å². The molecule has 52 heavy (non-hydrogen) atoms. The summed E-state index contributed by atoms with van der Waals surface area (Å²) in [6, 6.07) is 71.8. The standard InChI is InChI=1S/C52H32/c1-5-16-33(17-6-1)39-28-29-40(34-18-7-2-8-19-34)44-32-46-45(31-43(39)44)48(35-20-9-3-10-21-35)51-42-27-15-26-41-38-25-14-13-24-37(38)30-47(50(41)42)52(51)49(46)36-22-11-4-12-23-36/h1-32H. The lowest BCUT2D eigenvalue weighted by Crippen LogP contribution is -1.95. The molecule has 0 atom stereocenters. The van der Waals surface area contributed by atoms with Crippen molar-refractivity contribution < 1.29 is 0 Å². The largest absolute Gasteiger partial charge is 0.0622 e. The van der Waals surface area contributed by atoms with Crippen LogP contribution in [0.25, 0.3) is 110 Å². The van der Waals surface area contributed by atoms with Crippen molar-refractivity contribution in [2.24, 2.45) is 0 Å². The maximum Gasteiger partial charge on any atom is -0.000719 e. The predicted molar refractivity (Wildman–Crippen MR) is 223 cm³/mol. The molecule has 11 rings (SSSR count). The minimum atomic E-state index is 1.22. The topological polar surface area (TPSA) is 0 Å². The maximum atomic E-state index is 2.51. The smallest absolute Gasteiger partial charge is 0.000719 e. The van der Waals surface area contributed by atoms with Crippen molar-refractivity contribution in [1.82, 2.24) is 0 Å². The first-order valence-corrected chi connectivity index (χ1v) is 18.1. The average molecular weight is 657 g/mol. The molecule has 10 aromatic rings. The number of benzene rings is 10. The first-order valence-electron chi connectivity index (χ1n) is 18.1. The minimum Gasteiger partial charge on any atom is -0.0622 e. The molecule has 1 aliphatic carbocycles. The number of fused-ring (bicyclic) bond motifs is 7. The van der Waals surface area contributed by atoms with Crippen molar-refractivity contribution in [3.8, 4) is 66.8 Å². The highest BCUT2D eigenvalue weighted by molar-refractivity contribution is 6.32. The molecular formula is C52H32. The summed E-state index contributed by atoms with van der Waals surface area (Å²) in [6.07, 6.45) is 0. The first-order chi connectivity index (χ1) is 25.8. The molecule has 0 aliphatic heterocycles. The van der Waals surface area contributed by atoms with E-state index in [1.165, 1.54) is 110 Å². The molecule has 0 spiro atoms. The Morgan fingerprint density at radius 1 is 0.212 bits per heavy atom. The molecule has 0 saturated heterocycles. The summed E-state index contributed by atoms with van der Waals surface area (Å²) in [5.74, 6) is 0. The van der Waals surface area contributed by atoms with Gasteiger partial charge in [0, 0.05) is 0 Å². The van der Waals surface area contributed by atoms with Gasteiger partial charge in [0.1, 0.15) is 0 Å². The number of hydrogen-bond donors (Lipinski definition) is 0. The number of rotatable bonds is 4. The third-order valence-corrected chi connectivity index (χ3v) is 11.2. The summed E-state index contributed by atoms with van der Waals surface area (Å²) >= 11 is 0. The van der Waals surface area contributed by atoms with E-state index in [9.17, 15) is 0 Å². The third-order valence-electron chi connectivity index (χ3n) is 11.2. The van der Waals surface area contributed by atoms with Gasteiger partial charge in [-0.3, -0.25) is 0 Å². The van der Waals surface area contributed by atoms with Crippen LogP contribution in [0.5, 0.6) is 0 Å². The average Bonchev–Trinajstić information content (AvgIpc) is 3.54. The molecule has 0 nitrogen and oxygen atoms in total. The van der Waals surface area contributed by atoms with Crippen molar-refractivity contribution in [1.29, 1.82) is 0 Å². The SMILES string of the molecule is c1ccc(-c2ccc(-c3ccccc3)c3cc4c(-c5ccccc5)c5c(c(-c6ccccc6)c4cc23)-c2cccc3c2c-5cc2ccccc23)cc1. The van der Waals surface area contributed by atoms with E-state index in [1.54, 1.807) is 0 Å². The summed E-state index contributed by atoms with van der Waals surface area (Å²) in [7, 11) is 0. The Kier molecular flexibility index (Phi) is 6.35. The second-order valence-corrected chi connectivity index (χ2v) is 13.9. The van der Waals surface area contributed by atoms with Crippen molar-refractivity contribution in [3.05, 3.63) is 194 Å². The van der Waals surface area contributed by atoms with E-state index in [4.69, 9.17) is 0 Å². The van der Waals surface area contributed by atoms with Gasteiger partial charge < -0.3 is 0 Å². The Morgan fingerprint density at radius 2 is 0.654 bits per heavy atom. The van der Waals surface area contributed by atoms with Gasteiger partial charge in [0.2, 0.25) is 0 Å². The zero-order valence-corrected chi connectivity index (χ0v) is 28.5. The fourth-order valence-corrected chi connectivity index (χ4v) is 8.98. The van der Waals surface area contributed by atoms with Crippen LogP contribution in [0.1, 0.15) is 0 Å². The molecule has 0 heterocycles. The molecule has 0 radical (unpaired) electrons. The number of hydrogen-bond acceptors (Lipinski definition) is 0. The van der Waals surface area contributed by atoms with Crippen LogP contribution in [0.15, 0.2) is 194 Å². The highest BCUT2D eigenvalue weighted by atomic mass is 14.3. The Hall–Kier alpha value is -6.76. The van der Waals surface area contributed by atoms with E-state index in [0.29, 0.717) is 0 Å². The quantitative estimate of drug-likeness (QED) is 0.131. The van der Waals surface area contributed by atoms with Gasteiger partial charge in [0.15, 0.2) is 0 Å². The van der Waals surface area contributed by atoms with Crippen molar-refractivity contribution in [2.45, 2.75) is 0 Å². The molecule has 0 N–H and O–H groups in total. The molecule has 0 unspecified atom stereocenters. The molecule has 0 heteroatoms. The van der Waals surface area contributed by atoms with Gasteiger partial charge in [-0.05, 0) is 128 Å². The van der Waals surface area contributed by atoms with Crippen molar-refractivity contribution in [2.75, 3.05) is 0 Å². The van der Waals surface area contributed by atoms with E-state index in [-0.39, 0.29) is 0 Å². The molecular weight excluding hydrogens is 625 g/mol. The van der Waals surface area contributed by atoms with Crippen molar-refractivity contribution >= 4 is 43.1 Å². The zero-order chi connectivity index (χ0) is 34.2. The molecule has 0 aromatic heterocycles. The lowest BCUT2D eigenvalue weighted by molar-refractivity contribution is 1.61. The van der Waals surface area contributed by atoms with Crippen LogP contribution >= 0.6 is 0 Å². The fourth-order valence-electron chi connectivity index (χ4n) is 8.98. The van der Waals surface area contributed by atoms with Crippen LogP contribution in [0, 0.1) is 0 Å². The van der Waals surface area contributed by atoms with Crippen LogP contribution in [-0.4, -0.2) is 0 Å². The molecule has 240 valence electrons. The van der Waals surface area contributed by atoms with Crippen LogP contribution in [0.4, 0.5) is 0 Å². The molecule has 0 bridgehead atoms. The molecule has 0 amide bonds. The summed E-state index contributed by atoms with van der Waals surface area (Å²) < 4.78 is 0. The zero-order valence-electron chi connectivity index (χ0n) is 28.5. The fraction of sp³-hybridized carbons (Fsp3) is 0. The second kappa shape index (κ2) is 11.4. The molecule has 0 saturated carbocycles. The summed E-state index contributed by atoms with van der Waals surface area (Å²) in [4.78, 5) is 0. The molecule has 10 aromatic carbocycles. The van der Waals surface area contributed by atoms with Crippen LogP contribution in [-0.2, 0) is 0 Å².